The summed E-state index contributed by atoms with van der Waals surface area (Å²) >= 11 is 0. The van der Waals surface area contributed by atoms with Crippen LogP contribution in [0.3, 0.4) is 0 Å². The van der Waals surface area contributed by atoms with Crippen molar-refractivity contribution >= 4 is 5.88 Å². The topological polar surface area (TPSA) is 40.2 Å². The summed E-state index contributed by atoms with van der Waals surface area (Å²) in [6.45, 7) is 6.76. The normalized spacial score (nSPS) is 12.5. The Morgan fingerprint density at radius 3 is 2.53 bits per heavy atom. The number of anilines is 1. The van der Waals surface area contributed by atoms with Gasteiger partial charge in [-0.3, -0.25) is 0 Å². The first-order valence-corrected chi connectivity index (χ1v) is 5.21. The van der Waals surface area contributed by atoms with Gasteiger partial charge in [-0.25, -0.2) is 0 Å². The molecule has 1 rings (SSSR count). The molecule has 0 aliphatic heterocycles. The predicted octanol–water partition coefficient (Wildman–Crippen LogP) is 2.82. The second kappa shape index (κ2) is 4.88. The molecular weight excluding hydrogens is 188 g/mol. The maximum atomic E-state index is 8.99. The van der Waals surface area contributed by atoms with Gasteiger partial charge in [0.15, 0.2) is 5.88 Å². The van der Waals surface area contributed by atoms with E-state index in [1.54, 1.807) is 0 Å². The molecule has 0 bridgehead atoms. The lowest BCUT2D eigenvalue weighted by Crippen LogP contribution is -2.27. The Bertz CT molecular complexity index is 349. The molecule has 82 valence electrons. The van der Waals surface area contributed by atoms with Crippen LogP contribution in [0.2, 0.25) is 0 Å². The highest BCUT2D eigenvalue weighted by molar-refractivity contribution is 5.35. The molecule has 0 saturated carbocycles. The van der Waals surface area contributed by atoms with E-state index < -0.39 is 0 Å². The molecule has 0 radical (unpaired) electrons. The lowest BCUT2D eigenvalue weighted by atomic mass is 9.97. The predicted molar refractivity (Wildman–Crippen MR) is 60.7 cm³/mol. The van der Waals surface area contributed by atoms with Crippen LogP contribution in [0.25, 0.3) is 0 Å². The van der Waals surface area contributed by atoms with E-state index in [1.807, 2.05) is 31.0 Å². The highest BCUT2D eigenvalue weighted by Crippen LogP contribution is 2.19. The van der Waals surface area contributed by atoms with Gasteiger partial charge >= 0.3 is 0 Å². The van der Waals surface area contributed by atoms with E-state index in [4.69, 9.17) is 9.68 Å². The van der Waals surface area contributed by atoms with Crippen LogP contribution in [-0.4, -0.2) is 13.6 Å². The molecule has 0 amide bonds. The molecule has 1 aromatic heterocycles. The second-order valence-corrected chi connectivity index (χ2v) is 4.24. The van der Waals surface area contributed by atoms with Crippen molar-refractivity contribution in [3.63, 3.8) is 0 Å². The molecule has 3 nitrogen and oxygen atoms in total. The fourth-order valence-corrected chi connectivity index (χ4v) is 1.41. The van der Waals surface area contributed by atoms with Gasteiger partial charge in [-0.05, 0) is 18.9 Å². The number of rotatable bonds is 4. The summed E-state index contributed by atoms with van der Waals surface area (Å²) in [7, 11) is 1.95. The van der Waals surface area contributed by atoms with Crippen LogP contribution in [0.1, 0.15) is 19.6 Å². The Kier molecular flexibility index (Phi) is 3.79. The summed E-state index contributed by atoms with van der Waals surface area (Å²) < 4.78 is 5.49. The van der Waals surface area contributed by atoms with Gasteiger partial charge in [0.1, 0.15) is 5.76 Å². The monoisotopic (exact) mass is 206 g/mol. The maximum Gasteiger partial charge on any atom is 0.195 e. The minimum atomic E-state index is 0.0420. The van der Waals surface area contributed by atoms with Crippen molar-refractivity contribution in [2.75, 3.05) is 18.5 Å². The van der Waals surface area contributed by atoms with Crippen LogP contribution in [-0.2, 0) is 0 Å². The van der Waals surface area contributed by atoms with Crippen molar-refractivity contribution in [3.05, 3.63) is 17.9 Å². The van der Waals surface area contributed by atoms with Crippen molar-refractivity contribution in [1.29, 1.82) is 5.26 Å². The largest absolute Gasteiger partial charge is 0.446 e. The van der Waals surface area contributed by atoms with Gasteiger partial charge in [-0.1, -0.05) is 13.8 Å². The van der Waals surface area contributed by atoms with Crippen LogP contribution in [0.4, 0.5) is 5.88 Å². The third-order valence-corrected chi connectivity index (χ3v) is 2.54. The molecule has 1 atom stereocenters. The molecule has 0 aliphatic rings. The van der Waals surface area contributed by atoms with Crippen LogP contribution < -0.4 is 4.90 Å². The number of furan rings is 1. The molecule has 0 spiro atoms. The van der Waals surface area contributed by atoms with E-state index in [2.05, 4.69) is 19.9 Å². The lowest BCUT2D eigenvalue weighted by molar-refractivity contribution is 0.456. The molecule has 1 unspecified atom stereocenters. The van der Waals surface area contributed by atoms with Crippen LogP contribution in [0, 0.1) is 30.1 Å². The average Bonchev–Trinajstić information content (AvgIpc) is 2.60. The zero-order valence-electron chi connectivity index (χ0n) is 9.82. The zero-order chi connectivity index (χ0) is 11.4. The van der Waals surface area contributed by atoms with E-state index in [9.17, 15) is 0 Å². The van der Waals surface area contributed by atoms with Crippen molar-refractivity contribution in [2.45, 2.75) is 20.8 Å². The van der Waals surface area contributed by atoms with Gasteiger partial charge in [-0.15, -0.1) is 0 Å². The molecule has 0 fully saturated rings. The molecule has 0 aliphatic carbocycles. The SMILES string of the molecule is Cc1ccc(N(C)CC(C#N)C(C)C)o1. The minimum absolute atomic E-state index is 0.0420. The molecule has 1 aromatic rings. The highest BCUT2D eigenvalue weighted by atomic mass is 16.4. The first-order valence-electron chi connectivity index (χ1n) is 5.21. The Balaban J connectivity index is 2.63. The second-order valence-electron chi connectivity index (χ2n) is 4.24. The summed E-state index contributed by atoms with van der Waals surface area (Å²) in [6, 6.07) is 6.19. The summed E-state index contributed by atoms with van der Waals surface area (Å²) in [5.41, 5.74) is 0. The summed E-state index contributed by atoms with van der Waals surface area (Å²) in [4.78, 5) is 1.99. The molecule has 1 heterocycles. The Morgan fingerprint density at radius 2 is 2.13 bits per heavy atom. The van der Waals surface area contributed by atoms with E-state index in [1.165, 1.54) is 0 Å². The van der Waals surface area contributed by atoms with Crippen molar-refractivity contribution in [3.8, 4) is 6.07 Å². The van der Waals surface area contributed by atoms with E-state index in [-0.39, 0.29) is 5.92 Å². The van der Waals surface area contributed by atoms with Crippen molar-refractivity contribution < 1.29 is 4.42 Å². The molecular formula is C12H18N2O. The van der Waals surface area contributed by atoms with Crippen molar-refractivity contribution in [2.24, 2.45) is 11.8 Å². The van der Waals surface area contributed by atoms with Crippen LogP contribution in [0.15, 0.2) is 16.5 Å². The van der Waals surface area contributed by atoms with Gasteiger partial charge in [0.05, 0.1) is 12.0 Å². The quantitative estimate of drug-likeness (QED) is 0.760. The fraction of sp³-hybridized carbons (Fsp3) is 0.583. The van der Waals surface area contributed by atoms with Gasteiger partial charge in [0.2, 0.25) is 0 Å². The Hall–Kier alpha value is -1.43. The highest BCUT2D eigenvalue weighted by Gasteiger charge is 2.16. The lowest BCUT2D eigenvalue weighted by Gasteiger charge is -2.21. The minimum Gasteiger partial charge on any atom is -0.446 e. The van der Waals surface area contributed by atoms with E-state index in [0.717, 1.165) is 11.6 Å². The third-order valence-electron chi connectivity index (χ3n) is 2.54. The maximum absolute atomic E-state index is 8.99. The molecule has 0 aromatic carbocycles. The van der Waals surface area contributed by atoms with E-state index in [0.29, 0.717) is 12.5 Å². The summed E-state index contributed by atoms with van der Waals surface area (Å²) in [5, 5.41) is 8.99. The van der Waals surface area contributed by atoms with Gasteiger partial charge < -0.3 is 9.32 Å². The molecule has 0 saturated heterocycles. The zero-order valence-corrected chi connectivity index (χ0v) is 9.82. The van der Waals surface area contributed by atoms with Gasteiger partial charge in [0, 0.05) is 19.7 Å². The number of hydrogen-bond donors (Lipinski definition) is 0. The number of hydrogen-bond acceptors (Lipinski definition) is 3. The molecule has 3 heteroatoms. The standard InChI is InChI=1S/C12H18N2O/c1-9(2)11(7-13)8-14(4)12-6-5-10(3)15-12/h5-6,9,11H,8H2,1-4H3. The molecule has 15 heavy (non-hydrogen) atoms. The van der Waals surface area contributed by atoms with Crippen LogP contribution in [0.5, 0.6) is 0 Å². The summed E-state index contributed by atoms with van der Waals surface area (Å²) in [5.74, 6) is 2.14. The Labute approximate surface area is 91.3 Å². The Morgan fingerprint density at radius 1 is 1.47 bits per heavy atom. The first kappa shape index (κ1) is 11.6. The summed E-state index contributed by atoms with van der Waals surface area (Å²) in [6.07, 6.45) is 0. The molecule has 0 N–H and O–H groups in total. The fourth-order valence-electron chi connectivity index (χ4n) is 1.41. The first-order chi connectivity index (χ1) is 7.04. The number of nitrogens with zero attached hydrogens (tertiary/aromatic N) is 2. The smallest absolute Gasteiger partial charge is 0.195 e. The van der Waals surface area contributed by atoms with E-state index >= 15 is 0 Å². The third kappa shape index (κ3) is 3.02. The number of nitriles is 1. The van der Waals surface area contributed by atoms with Gasteiger partial charge in [0.25, 0.3) is 0 Å². The van der Waals surface area contributed by atoms with Crippen molar-refractivity contribution in [1.82, 2.24) is 0 Å². The van der Waals surface area contributed by atoms with Gasteiger partial charge in [-0.2, -0.15) is 5.26 Å². The average molecular weight is 206 g/mol. The van der Waals surface area contributed by atoms with Crippen LogP contribution >= 0.6 is 0 Å². The number of aryl methyl sites for hydroxylation is 1.